The average molecular weight is 485 g/mol. The van der Waals surface area contributed by atoms with Crippen LogP contribution in [0.5, 0.6) is 0 Å². The minimum absolute atomic E-state index is 0.00833. The number of aryl methyl sites for hydroxylation is 1. The second kappa shape index (κ2) is 11.8. The van der Waals surface area contributed by atoms with Crippen LogP contribution in [0.4, 0.5) is 13.2 Å². The van der Waals surface area contributed by atoms with Gasteiger partial charge in [0.15, 0.2) is 6.10 Å². The average Bonchev–Trinajstić information content (AvgIpc) is 3.18. The lowest BCUT2D eigenvalue weighted by Gasteiger charge is -2.29. The highest BCUT2D eigenvalue weighted by atomic mass is 19.4. The third-order valence-electron chi connectivity index (χ3n) is 5.67. The lowest BCUT2D eigenvalue weighted by atomic mass is 9.95. The van der Waals surface area contributed by atoms with Crippen LogP contribution in [-0.4, -0.2) is 47.6 Å². The molecule has 1 saturated carbocycles. The number of oxazole rings is 1. The zero-order valence-corrected chi connectivity index (χ0v) is 19.3. The van der Waals surface area contributed by atoms with Crippen molar-refractivity contribution >= 4 is 5.97 Å². The molecule has 3 atom stereocenters. The monoisotopic (exact) mass is 485 g/mol. The fourth-order valence-corrected chi connectivity index (χ4v) is 3.76. The number of hydrogen-bond donors (Lipinski definition) is 1. The molecule has 1 fully saturated rings. The van der Waals surface area contributed by atoms with Gasteiger partial charge in [-0.25, -0.2) is 9.78 Å². The highest BCUT2D eigenvalue weighted by Gasteiger charge is 2.30. The second-order valence-electron chi connectivity index (χ2n) is 8.35. The van der Waals surface area contributed by atoms with Crippen LogP contribution in [0.25, 0.3) is 11.5 Å². The Morgan fingerprint density at radius 2 is 1.88 bits per heavy atom. The van der Waals surface area contributed by atoms with Gasteiger partial charge in [-0.1, -0.05) is 6.92 Å². The number of alkyl halides is 3. The summed E-state index contributed by atoms with van der Waals surface area (Å²) in [6.07, 6.45) is -1.68. The first-order valence-electron chi connectivity index (χ1n) is 11.4. The Kier molecular flexibility index (Phi) is 9.10. The highest BCUT2D eigenvalue weighted by Crippen LogP contribution is 2.31. The van der Waals surface area contributed by atoms with E-state index in [9.17, 15) is 23.1 Å². The Balaban J connectivity index is 1.52. The summed E-state index contributed by atoms with van der Waals surface area (Å²) in [5.41, 5.74) is 0.298. The highest BCUT2D eigenvalue weighted by molar-refractivity contribution is 5.72. The Morgan fingerprint density at radius 1 is 1.21 bits per heavy atom. The van der Waals surface area contributed by atoms with E-state index in [4.69, 9.17) is 18.6 Å². The van der Waals surface area contributed by atoms with Crippen LogP contribution in [0.2, 0.25) is 0 Å². The number of aliphatic carboxylic acids is 1. The molecule has 0 radical (unpaired) electrons. The Bertz CT molecular complexity index is 928. The van der Waals surface area contributed by atoms with Gasteiger partial charge in [0.2, 0.25) is 5.89 Å². The van der Waals surface area contributed by atoms with Crippen LogP contribution in [0.15, 0.2) is 28.7 Å². The number of ether oxygens (including phenoxy) is 3. The van der Waals surface area contributed by atoms with E-state index in [1.165, 1.54) is 12.1 Å². The first-order valence-corrected chi connectivity index (χ1v) is 11.4. The number of nitrogens with zero attached hydrogens (tertiary/aromatic N) is 1. The maximum atomic E-state index is 12.8. The topological polar surface area (TPSA) is 91.0 Å². The van der Waals surface area contributed by atoms with E-state index in [2.05, 4.69) is 4.98 Å². The first-order chi connectivity index (χ1) is 16.2. The first kappa shape index (κ1) is 26.2. The van der Waals surface area contributed by atoms with E-state index in [1.807, 2.05) is 6.92 Å². The Hall–Kier alpha value is -2.43. The van der Waals surface area contributed by atoms with Crippen molar-refractivity contribution in [2.24, 2.45) is 0 Å². The lowest BCUT2D eigenvalue weighted by molar-refractivity contribution is -0.157. The smallest absolute Gasteiger partial charge is 0.416 e. The van der Waals surface area contributed by atoms with Gasteiger partial charge >= 0.3 is 12.1 Å². The number of carboxylic acids is 1. The molecule has 0 spiro atoms. The molecule has 2 aromatic rings. The number of carbonyl (C=O) groups is 1. The van der Waals surface area contributed by atoms with Gasteiger partial charge in [0.05, 0.1) is 31.0 Å². The van der Waals surface area contributed by atoms with Crippen molar-refractivity contribution in [1.29, 1.82) is 0 Å². The zero-order valence-electron chi connectivity index (χ0n) is 19.3. The number of benzene rings is 1. The quantitative estimate of drug-likeness (QED) is 0.456. The maximum absolute atomic E-state index is 12.8. The summed E-state index contributed by atoms with van der Waals surface area (Å²) in [4.78, 5) is 15.7. The van der Waals surface area contributed by atoms with E-state index >= 15 is 0 Å². The van der Waals surface area contributed by atoms with Crippen molar-refractivity contribution in [2.45, 2.75) is 77.0 Å². The van der Waals surface area contributed by atoms with Crippen LogP contribution in [0.3, 0.4) is 0 Å². The molecule has 1 aliphatic rings. The van der Waals surface area contributed by atoms with Gasteiger partial charge in [0, 0.05) is 12.2 Å². The predicted molar refractivity (Wildman–Crippen MR) is 116 cm³/mol. The van der Waals surface area contributed by atoms with Gasteiger partial charge in [-0.05, 0) is 63.3 Å². The molecule has 1 aromatic carbocycles. The summed E-state index contributed by atoms with van der Waals surface area (Å²) in [6.45, 7) is 4.19. The minimum atomic E-state index is -4.40. The van der Waals surface area contributed by atoms with Crippen LogP contribution < -0.4 is 0 Å². The Morgan fingerprint density at radius 3 is 2.50 bits per heavy atom. The second-order valence-corrected chi connectivity index (χ2v) is 8.35. The third-order valence-corrected chi connectivity index (χ3v) is 5.67. The van der Waals surface area contributed by atoms with E-state index in [0.717, 1.165) is 37.8 Å². The molecule has 1 N–H and O–H groups in total. The predicted octanol–water partition coefficient (Wildman–Crippen LogP) is 5.39. The molecule has 34 heavy (non-hydrogen) atoms. The SMILES string of the molecule is CCCOC(CO[C@@H]1CCC[C@H](OCc2nc(-c3ccc(C(F)(F)F)cc3)oc2C)C1)C(=O)O. The van der Waals surface area contributed by atoms with Gasteiger partial charge in [0.1, 0.15) is 11.5 Å². The molecule has 1 aliphatic carbocycles. The molecule has 0 saturated heterocycles. The van der Waals surface area contributed by atoms with Crippen molar-refractivity contribution in [3.63, 3.8) is 0 Å². The van der Waals surface area contributed by atoms with Crippen LogP contribution in [0.1, 0.15) is 56.0 Å². The van der Waals surface area contributed by atoms with Crippen molar-refractivity contribution in [1.82, 2.24) is 4.98 Å². The van der Waals surface area contributed by atoms with Crippen molar-refractivity contribution in [2.75, 3.05) is 13.2 Å². The normalized spacial score (nSPS) is 19.8. The summed E-state index contributed by atoms with van der Waals surface area (Å²) >= 11 is 0. The van der Waals surface area contributed by atoms with E-state index < -0.39 is 23.8 Å². The maximum Gasteiger partial charge on any atom is 0.416 e. The number of carboxylic acid groups (broad SMARTS) is 1. The molecule has 7 nitrogen and oxygen atoms in total. The molecule has 0 bridgehead atoms. The molecular weight excluding hydrogens is 455 g/mol. The zero-order chi connectivity index (χ0) is 24.7. The third kappa shape index (κ3) is 7.28. The van der Waals surface area contributed by atoms with Crippen molar-refractivity contribution < 1.29 is 41.7 Å². The molecule has 1 heterocycles. The molecule has 10 heteroatoms. The van der Waals surface area contributed by atoms with Crippen LogP contribution >= 0.6 is 0 Å². The van der Waals surface area contributed by atoms with Crippen LogP contribution in [0, 0.1) is 6.92 Å². The summed E-state index contributed by atoms with van der Waals surface area (Å²) < 4.78 is 61.1. The van der Waals surface area contributed by atoms with E-state index in [-0.39, 0.29) is 31.3 Å². The number of aromatic nitrogens is 1. The standard InChI is InChI=1S/C24H30F3NO6/c1-3-11-31-21(23(29)30)14-33-19-6-4-5-18(12-19)32-13-20-15(2)34-22(28-20)16-7-9-17(10-8-16)24(25,26)27/h7-10,18-19,21H,3-6,11-14H2,1-2H3,(H,29,30)/t18-,19+,21?/m0/s1. The molecule has 1 aromatic heterocycles. The molecule has 3 rings (SSSR count). The van der Waals surface area contributed by atoms with Gasteiger partial charge in [-0.2, -0.15) is 13.2 Å². The summed E-state index contributed by atoms with van der Waals surface area (Å²) in [6, 6.07) is 4.65. The molecular formula is C24H30F3NO6. The summed E-state index contributed by atoms with van der Waals surface area (Å²) in [5, 5.41) is 9.26. The van der Waals surface area contributed by atoms with Crippen LogP contribution in [-0.2, 0) is 31.8 Å². The van der Waals surface area contributed by atoms with Gasteiger partial charge < -0.3 is 23.7 Å². The van der Waals surface area contributed by atoms with E-state index in [1.54, 1.807) is 6.92 Å². The molecule has 0 amide bonds. The fraction of sp³-hybridized carbons (Fsp3) is 0.583. The Labute approximate surface area is 196 Å². The number of hydrogen-bond acceptors (Lipinski definition) is 6. The van der Waals surface area contributed by atoms with Crippen molar-refractivity contribution in [3.8, 4) is 11.5 Å². The molecule has 1 unspecified atom stereocenters. The lowest BCUT2D eigenvalue weighted by Crippen LogP contribution is -2.34. The number of rotatable bonds is 11. The molecule has 0 aliphatic heterocycles. The largest absolute Gasteiger partial charge is 0.479 e. The fourth-order valence-electron chi connectivity index (χ4n) is 3.76. The van der Waals surface area contributed by atoms with E-state index in [0.29, 0.717) is 30.0 Å². The number of halogens is 3. The van der Waals surface area contributed by atoms with Crippen molar-refractivity contribution in [3.05, 3.63) is 41.3 Å². The summed E-state index contributed by atoms with van der Waals surface area (Å²) in [7, 11) is 0. The molecule has 188 valence electrons. The van der Waals surface area contributed by atoms with Gasteiger partial charge in [0.25, 0.3) is 0 Å². The summed E-state index contributed by atoms with van der Waals surface area (Å²) in [5.74, 6) is -0.264. The van der Waals surface area contributed by atoms with Gasteiger partial charge in [-0.15, -0.1) is 0 Å². The minimum Gasteiger partial charge on any atom is -0.479 e. The van der Waals surface area contributed by atoms with Gasteiger partial charge in [-0.3, -0.25) is 0 Å².